The van der Waals surface area contributed by atoms with Gasteiger partial charge in [0.15, 0.2) is 0 Å². The molecule has 17 heavy (non-hydrogen) atoms. The molecule has 2 aliphatic carbocycles. The van der Waals surface area contributed by atoms with Crippen molar-refractivity contribution in [2.45, 2.75) is 39.2 Å². The Hall–Kier alpha value is -0.570. The number of aliphatic hydroxyl groups excluding tert-OH is 1. The molecule has 3 heteroatoms. The van der Waals surface area contributed by atoms with E-state index in [0.717, 1.165) is 18.8 Å². The SMILES string of the molecule is CC1CC2CC3C(=O)OCC3C(O)C2CC1C. The van der Waals surface area contributed by atoms with Crippen molar-refractivity contribution in [3.8, 4) is 0 Å². The number of aliphatic hydroxyl groups is 1. The van der Waals surface area contributed by atoms with Crippen molar-refractivity contribution < 1.29 is 14.6 Å². The van der Waals surface area contributed by atoms with Gasteiger partial charge < -0.3 is 9.84 Å². The lowest BCUT2D eigenvalue weighted by Gasteiger charge is -2.47. The molecule has 1 heterocycles. The zero-order valence-corrected chi connectivity index (χ0v) is 10.6. The summed E-state index contributed by atoms with van der Waals surface area (Å²) in [5.41, 5.74) is 0. The summed E-state index contributed by atoms with van der Waals surface area (Å²) in [4.78, 5) is 11.6. The molecule has 0 radical (unpaired) electrons. The van der Waals surface area contributed by atoms with Gasteiger partial charge in [-0.15, -0.1) is 0 Å². The lowest BCUT2D eigenvalue weighted by Crippen LogP contribution is -2.48. The van der Waals surface area contributed by atoms with Crippen molar-refractivity contribution in [1.29, 1.82) is 0 Å². The maximum Gasteiger partial charge on any atom is 0.309 e. The van der Waals surface area contributed by atoms with E-state index in [0.29, 0.717) is 24.4 Å². The fraction of sp³-hybridized carbons (Fsp3) is 0.929. The number of hydrogen-bond donors (Lipinski definition) is 1. The molecule has 3 aliphatic rings. The smallest absolute Gasteiger partial charge is 0.309 e. The molecular weight excluding hydrogens is 216 g/mol. The van der Waals surface area contributed by atoms with E-state index in [4.69, 9.17) is 4.74 Å². The molecule has 1 saturated heterocycles. The lowest BCUT2D eigenvalue weighted by atomic mass is 9.58. The number of ether oxygens (including phenoxy) is 1. The van der Waals surface area contributed by atoms with Crippen molar-refractivity contribution in [2.24, 2.45) is 35.5 Å². The third-order valence-electron chi connectivity index (χ3n) is 5.57. The molecule has 7 unspecified atom stereocenters. The highest BCUT2D eigenvalue weighted by molar-refractivity contribution is 5.75. The van der Waals surface area contributed by atoms with Crippen LogP contribution in [0.5, 0.6) is 0 Å². The lowest BCUT2D eigenvalue weighted by molar-refractivity contribution is -0.143. The molecule has 1 N–H and O–H groups in total. The van der Waals surface area contributed by atoms with Crippen molar-refractivity contribution in [3.63, 3.8) is 0 Å². The first-order chi connectivity index (χ1) is 8.08. The Labute approximate surface area is 103 Å². The van der Waals surface area contributed by atoms with Gasteiger partial charge >= 0.3 is 5.97 Å². The average molecular weight is 238 g/mol. The molecule has 0 spiro atoms. The Morgan fingerprint density at radius 1 is 1.12 bits per heavy atom. The van der Waals surface area contributed by atoms with Crippen LogP contribution in [0, 0.1) is 35.5 Å². The van der Waals surface area contributed by atoms with E-state index in [1.54, 1.807) is 0 Å². The van der Waals surface area contributed by atoms with Gasteiger partial charge in [-0.3, -0.25) is 4.79 Å². The third-order valence-corrected chi connectivity index (χ3v) is 5.57. The van der Waals surface area contributed by atoms with Crippen LogP contribution in [0.3, 0.4) is 0 Å². The highest BCUT2D eigenvalue weighted by atomic mass is 16.5. The Morgan fingerprint density at radius 3 is 2.59 bits per heavy atom. The molecule has 96 valence electrons. The summed E-state index contributed by atoms with van der Waals surface area (Å²) < 4.78 is 5.13. The van der Waals surface area contributed by atoms with Crippen molar-refractivity contribution >= 4 is 5.97 Å². The first-order valence-electron chi connectivity index (χ1n) is 6.92. The maximum absolute atomic E-state index is 11.6. The normalized spacial score (nSPS) is 53.8. The van der Waals surface area contributed by atoms with Crippen LogP contribution in [0.1, 0.15) is 33.1 Å². The molecule has 3 fully saturated rings. The van der Waals surface area contributed by atoms with Crippen LogP contribution in [-0.2, 0) is 9.53 Å². The van der Waals surface area contributed by atoms with Crippen LogP contribution in [0.15, 0.2) is 0 Å². The fourth-order valence-electron chi connectivity index (χ4n) is 4.26. The minimum absolute atomic E-state index is 0.0214. The number of fused-ring (bicyclic) bond motifs is 2. The Bertz CT molecular complexity index is 327. The molecule has 7 atom stereocenters. The molecule has 2 saturated carbocycles. The standard InChI is InChI=1S/C14H22O3/c1-7-3-9-5-11-12(6-17-14(11)16)13(15)10(9)4-8(7)2/h7-13,15H,3-6H2,1-2H3. The van der Waals surface area contributed by atoms with Gasteiger partial charge in [0.25, 0.3) is 0 Å². The van der Waals surface area contributed by atoms with E-state index in [-0.39, 0.29) is 23.9 Å². The quantitative estimate of drug-likeness (QED) is 0.655. The Morgan fingerprint density at radius 2 is 1.82 bits per heavy atom. The largest absolute Gasteiger partial charge is 0.465 e. The summed E-state index contributed by atoms with van der Waals surface area (Å²) in [6, 6.07) is 0. The van der Waals surface area contributed by atoms with E-state index < -0.39 is 0 Å². The van der Waals surface area contributed by atoms with Gasteiger partial charge in [0.05, 0.1) is 18.6 Å². The summed E-state index contributed by atoms with van der Waals surface area (Å²) in [5, 5.41) is 10.5. The number of carbonyl (C=O) groups is 1. The van der Waals surface area contributed by atoms with Gasteiger partial charge in [-0.1, -0.05) is 13.8 Å². The van der Waals surface area contributed by atoms with E-state index in [1.165, 1.54) is 6.42 Å². The van der Waals surface area contributed by atoms with Crippen molar-refractivity contribution in [2.75, 3.05) is 6.61 Å². The van der Waals surface area contributed by atoms with Gasteiger partial charge in [-0.25, -0.2) is 0 Å². The van der Waals surface area contributed by atoms with Gasteiger partial charge in [-0.2, -0.15) is 0 Å². The van der Waals surface area contributed by atoms with Crippen LogP contribution in [0.2, 0.25) is 0 Å². The zero-order chi connectivity index (χ0) is 12.2. The fourth-order valence-corrected chi connectivity index (χ4v) is 4.26. The molecule has 0 aromatic carbocycles. The summed E-state index contributed by atoms with van der Waals surface area (Å²) in [5.74, 6) is 2.33. The van der Waals surface area contributed by atoms with Crippen LogP contribution < -0.4 is 0 Å². The highest BCUT2D eigenvalue weighted by Crippen LogP contribution is 2.50. The average Bonchev–Trinajstić information content (AvgIpc) is 2.65. The summed E-state index contributed by atoms with van der Waals surface area (Å²) in [6.07, 6.45) is 2.91. The molecule has 0 amide bonds. The molecule has 0 bridgehead atoms. The number of hydrogen-bond acceptors (Lipinski definition) is 3. The first-order valence-corrected chi connectivity index (χ1v) is 6.92. The minimum Gasteiger partial charge on any atom is -0.465 e. The zero-order valence-electron chi connectivity index (χ0n) is 10.6. The van der Waals surface area contributed by atoms with Gasteiger partial charge in [0.2, 0.25) is 0 Å². The Kier molecular flexibility index (Phi) is 2.69. The van der Waals surface area contributed by atoms with Crippen LogP contribution >= 0.6 is 0 Å². The van der Waals surface area contributed by atoms with Gasteiger partial charge in [-0.05, 0) is 42.9 Å². The van der Waals surface area contributed by atoms with E-state index in [1.807, 2.05) is 0 Å². The van der Waals surface area contributed by atoms with Gasteiger partial charge in [0.1, 0.15) is 0 Å². The number of carbonyl (C=O) groups excluding carboxylic acids is 1. The van der Waals surface area contributed by atoms with E-state index >= 15 is 0 Å². The summed E-state index contributed by atoms with van der Waals surface area (Å²) in [6.45, 7) is 5.03. The predicted octanol–water partition coefficient (Wildman–Crippen LogP) is 1.84. The second-order valence-corrected chi connectivity index (χ2v) is 6.48. The highest BCUT2D eigenvalue weighted by Gasteiger charge is 2.52. The summed E-state index contributed by atoms with van der Waals surface area (Å²) >= 11 is 0. The molecule has 3 rings (SSSR count). The second kappa shape index (κ2) is 3.98. The summed E-state index contributed by atoms with van der Waals surface area (Å²) in [7, 11) is 0. The predicted molar refractivity (Wildman–Crippen MR) is 63.1 cm³/mol. The third kappa shape index (κ3) is 1.70. The van der Waals surface area contributed by atoms with Crippen molar-refractivity contribution in [1.82, 2.24) is 0 Å². The van der Waals surface area contributed by atoms with E-state index in [2.05, 4.69) is 13.8 Å². The molecule has 0 aromatic rings. The number of esters is 1. The first kappa shape index (κ1) is 11.5. The Balaban J connectivity index is 1.81. The topological polar surface area (TPSA) is 46.5 Å². The maximum atomic E-state index is 11.6. The van der Waals surface area contributed by atoms with Gasteiger partial charge in [0, 0.05) is 5.92 Å². The van der Waals surface area contributed by atoms with Crippen molar-refractivity contribution in [3.05, 3.63) is 0 Å². The molecule has 3 nitrogen and oxygen atoms in total. The van der Waals surface area contributed by atoms with E-state index in [9.17, 15) is 9.90 Å². The van der Waals surface area contributed by atoms with Crippen LogP contribution in [0.25, 0.3) is 0 Å². The molecule has 1 aliphatic heterocycles. The minimum atomic E-state index is -0.319. The second-order valence-electron chi connectivity index (χ2n) is 6.48. The molecular formula is C14H22O3. The monoisotopic (exact) mass is 238 g/mol. The number of rotatable bonds is 0. The van der Waals surface area contributed by atoms with Crippen LogP contribution in [-0.4, -0.2) is 23.8 Å². The van der Waals surface area contributed by atoms with Crippen LogP contribution in [0.4, 0.5) is 0 Å². The molecule has 0 aromatic heterocycles. The number of cyclic esters (lactones) is 1.